The van der Waals surface area contributed by atoms with Gasteiger partial charge < -0.3 is 0 Å². The van der Waals surface area contributed by atoms with Gasteiger partial charge in [-0.2, -0.15) is 0 Å². The molecule has 0 saturated heterocycles. The summed E-state index contributed by atoms with van der Waals surface area (Å²) in [6.45, 7) is 8.47. The van der Waals surface area contributed by atoms with E-state index >= 15 is 0 Å². The molecule has 0 amide bonds. The fraction of sp³-hybridized carbons (Fsp3) is 0.500. The summed E-state index contributed by atoms with van der Waals surface area (Å²) < 4.78 is 1.99. The molecule has 5 nitrogen and oxygen atoms in total. The zero-order valence-electron chi connectivity index (χ0n) is 14.4. The van der Waals surface area contributed by atoms with E-state index in [-0.39, 0.29) is 11.6 Å². The Balaban J connectivity index is 1.73. The number of hydrogen-bond acceptors (Lipinski definition) is 5. The van der Waals surface area contributed by atoms with Gasteiger partial charge in [0.1, 0.15) is 0 Å². The van der Waals surface area contributed by atoms with Gasteiger partial charge in [-0.3, -0.25) is 4.90 Å². The van der Waals surface area contributed by atoms with Gasteiger partial charge in [-0.05, 0) is 66.6 Å². The van der Waals surface area contributed by atoms with E-state index in [1.165, 1.54) is 16.0 Å². The molecular formula is C18H23N5S. The van der Waals surface area contributed by atoms with Gasteiger partial charge in [-0.25, -0.2) is 4.68 Å². The number of aromatic nitrogens is 4. The van der Waals surface area contributed by atoms with Gasteiger partial charge in [0.15, 0.2) is 5.82 Å². The third kappa shape index (κ3) is 2.74. The lowest BCUT2D eigenvalue weighted by molar-refractivity contribution is 0.183. The molecule has 1 unspecified atom stereocenters. The minimum Gasteiger partial charge on any atom is -0.285 e. The minimum absolute atomic E-state index is 0.132. The molecule has 2 aromatic heterocycles. The van der Waals surface area contributed by atoms with Crippen molar-refractivity contribution in [1.29, 1.82) is 0 Å². The Hall–Kier alpha value is -1.79. The number of fused-ring (bicyclic) bond motifs is 1. The number of thiophene rings is 1. The molecule has 24 heavy (non-hydrogen) atoms. The van der Waals surface area contributed by atoms with Gasteiger partial charge >= 0.3 is 0 Å². The smallest absolute Gasteiger partial charge is 0.173 e. The molecule has 4 rings (SSSR count). The Labute approximate surface area is 146 Å². The number of rotatable bonds is 3. The molecule has 0 spiro atoms. The van der Waals surface area contributed by atoms with Crippen LogP contribution in [0.4, 0.5) is 0 Å². The van der Waals surface area contributed by atoms with Crippen LogP contribution >= 0.6 is 11.3 Å². The summed E-state index contributed by atoms with van der Waals surface area (Å²) in [6.07, 6.45) is 8.69. The summed E-state index contributed by atoms with van der Waals surface area (Å²) >= 11 is 1.88. The van der Waals surface area contributed by atoms with E-state index in [0.29, 0.717) is 0 Å². The largest absolute Gasteiger partial charge is 0.285 e. The molecular weight excluding hydrogens is 318 g/mol. The average molecular weight is 341 g/mol. The van der Waals surface area contributed by atoms with Crippen molar-refractivity contribution in [2.45, 2.75) is 51.7 Å². The summed E-state index contributed by atoms with van der Waals surface area (Å²) in [6, 6.07) is 2.40. The van der Waals surface area contributed by atoms with E-state index in [1.54, 1.807) is 0 Å². The topological polar surface area (TPSA) is 46.8 Å². The predicted molar refractivity (Wildman–Crippen MR) is 95.8 cm³/mol. The Morgan fingerprint density at radius 3 is 2.92 bits per heavy atom. The first-order valence-electron chi connectivity index (χ1n) is 8.47. The van der Waals surface area contributed by atoms with Crippen LogP contribution in [-0.4, -0.2) is 31.7 Å². The Morgan fingerprint density at radius 1 is 1.29 bits per heavy atom. The molecule has 126 valence electrons. The maximum Gasteiger partial charge on any atom is 0.173 e. The van der Waals surface area contributed by atoms with Crippen molar-refractivity contribution in [1.82, 2.24) is 25.1 Å². The Kier molecular flexibility index (Phi) is 3.89. The second kappa shape index (κ2) is 5.93. The molecule has 2 aliphatic rings. The van der Waals surface area contributed by atoms with Crippen LogP contribution in [0.15, 0.2) is 35.2 Å². The lowest BCUT2D eigenvalue weighted by atomic mass is 9.98. The Bertz CT molecular complexity index is 792. The van der Waals surface area contributed by atoms with Crippen LogP contribution in [0.5, 0.6) is 0 Å². The van der Waals surface area contributed by atoms with Crippen LogP contribution in [0.25, 0.3) is 0 Å². The summed E-state index contributed by atoms with van der Waals surface area (Å²) in [7, 11) is 0. The van der Waals surface area contributed by atoms with Crippen molar-refractivity contribution in [2.75, 3.05) is 6.54 Å². The molecule has 1 aliphatic carbocycles. The summed E-state index contributed by atoms with van der Waals surface area (Å²) in [5, 5.41) is 14.9. The van der Waals surface area contributed by atoms with Crippen LogP contribution in [0.1, 0.15) is 49.5 Å². The summed E-state index contributed by atoms with van der Waals surface area (Å²) in [5.74, 6) is 0.955. The molecule has 3 heterocycles. The highest BCUT2D eigenvalue weighted by molar-refractivity contribution is 7.10. The summed E-state index contributed by atoms with van der Waals surface area (Å²) in [4.78, 5) is 4.06. The SMILES string of the molecule is CC(C)(C)n1nnnc1C(C1=CC=CC1)N1CCc2sccc2C1. The van der Waals surface area contributed by atoms with Crippen molar-refractivity contribution in [3.05, 3.63) is 51.5 Å². The van der Waals surface area contributed by atoms with E-state index < -0.39 is 0 Å². The van der Waals surface area contributed by atoms with Crippen molar-refractivity contribution in [3.63, 3.8) is 0 Å². The first-order chi connectivity index (χ1) is 11.5. The highest BCUT2D eigenvalue weighted by Gasteiger charge is 2.34. The lowest BCUT2D eigenvalue weighted by Gasteiger charge is -2.36. The van der Waals surface area contributed by atoms with Crippen LogP contribution in [0.3, 0.4) is 0 Å². The molecule has 0 radical (unpaired) electrons. The van der Waals surface area contributed by atoms with Crippen molar-refractivity contribution >= 4 is 11.3 Å². The zero-order valence-corrected chi connectivity index (χ0v) is 15.3. The van der Waals surface area contributed by atoms with Gasteiger partial charge in [-0.15, -0.1) is 16.4 Å². The quantitative estimate of drug-likeness (QED) is 0.857. The van der Waals surface area contributed by atoms with E-state index in [9.17, 15) is 0 Å². The number of allylic oxidation sites excluding steroid dienone is 3. The molecule has 2 aromatic rings. The number of hydrogen-bond donors (Lipinski definition) is 0. The summed E-state index contributed by atoms with van der Waals surface area (Å²) in [5.41, 5.74) is 2.71. The van der Waals surface area contributed by atoms with Crippen molar-refractivity contribution < 1.29 is 0 Å². The van der Waals surface area contributed by atoms with Gasteiger partial charge in [0.2, 0.25) is 0 Å². The molecule has 0 bridgehead atoms. The van der Waals surface area contributed by atoms with Crippen molar-refractivity contribution in [3.8, 4) is 0 Å². The monoisotopic (exact) mass is 341 g/mol. The first kappa shape index (κ1) is 15.7. The van der Waals surface area contributed by atoms with Crippen molar-refractivity contribution in [2.24, 2.45) is 0 Å². The average Bonchev–Trinajstić information content (AvgIpc) is 3.28. The zero-order chi connectivity index (χ0) is 16.7. The fourth-order valence-electron chi connectivity index (χ4n) is 3.56. The van der Waals surface area contributed by atoms with Gasteiger partial charge in [0.05, 0.1) is 11.6 Å². The molecule has 0 N–H and O–H groups in total. The normalized spacial score (nSPS) is 19.4. The van der Waals surface area contributed by atoms with E-state index in [4.69, 9.17) is 0 Å². The molecule has 1 atom stereocenters. The van der Waals surface area contributed by atoms with E-state index in [0.717, 1.165) is 31.8 Å². The maximum absolute atomic E-state index is 4.44. The highest BCUT2D eigenvalue weighted by Crippen LogP contribution is 2.37. The standard InChI is InChI=1S/C18H23N5S/c1-18(2,3)23-17(19-20-21-23)16(13-6-4-5-7-13)22-10-8-15-14(12-22)9-11-24-15/h4-6,9,11,16H,7-8,10,12H2,1-3H3. The van der Waals surface area contributed by atoms with Gasteiger partial charge in [0, 0.05) is 18.0 Å². The molecule has 1 aliphatic heterocycles. The Morgan fingerprint density at radius 2 is 2.17 bits per heavy atom. The maximum atomic E-state index is 4.44. The third-order valence-electron chi connectivity index (χ3n) is 4.73. The second-order valence-electron chi connectivity index (χ2n) is 7.49. The second-order valence-corrected chi connectivity index (χ2v) is 8.49. The fourth-order valence-corrected chi connectivity index (χ4v) is 4.45. The number of nitrogens with zero attached hydrogens (tertiary/aromatic N) is 5. The predicted octanol–water partition coefficient (Wildman–Crippen LogP) is 3.48. The first-order valence-corrected chi connectivity index (χ1v) is 9.35. The van der Waals surface area contributed by atoms with E-state index in [2.05, 4.69) is 70.9 Å². The van der Waals surface area contributed by atoms with Crippen LogP contribution < -0.4 is 0 Å². The van der Waals surface area contributed by atoms with Crippen LogP contribution in [-0.2, 0) is 18.5 Å². The third-order valence-corrected chi connectivity index (χ3v) is 5.75. The molecule has 6 heteroatoms. The van der Waals surface area contributed by atoms with E-state index in [1.807, 2.05) is 16.0 Å². The molecule has 0 fully saturated rings. The lowest BCUT2D eigenvalue weighted by Crippen LogP contribution is -2.38. The van der Waals surface area contributed by atoms with Gasteiger partial charge in [-0.1, -0.05) is 18.2 Å². The molecule has 0 saturated carbocycles. The van der Waals surface area contributed by atoms with Gasteiger partial charge in [0.25, 0.3) is 0 Å². The van der Waals surface area contributed by atoms with Crippen LogP contribution in [0, 0.1) is 0 Å². The number of tetrazole rings is 1. The minimum atomic E-state index is -0.132. The molecule has 0 aromatic carbocycles. The highest BCUT2D eigenvalue weighted by atomic mass is 32.1. The van der Waals surface area contributed by atoms with Crippen LogP contribution in [0.2, 0.25) is 0 Å².